The summed E-state index contributed by atoms with van der Waals surface area (Å²) >= 11 is 0. The van der Waals surface area contributed by atoms with Crippen LogP contribution in [0.2, 0.25) is 0 Å². The van der Waals surface area contributed by atoms with Crippen molar-refractivity contribution in [3.05, 3.63) is 0 Å². The van der Waals surface area contributed by atoms with Crippen molar-refractivity contribution in [2.45, 2.75) is 56.2 Å². The topological polar surface area (TPSA) is 29.5 Å². The Hall–Kier alpha value is -0.780. The Morgan fingerprint density at radius 2 is 1.09 bits per heavy atom. The third-order valence-electron chi connectivity index (χ3n) is 2.41. The molecule has 0 saturated carbocycles. The molecule has 0 bridgehead atoms. The van der Waals surface area contributed by atoms with Crippen molar-refractivity contribution in [1.82, 2.24) is 0 Å². The van der Waals surface area contributed by atoms with Crippen LogP contribution in [0.5, 0.6) is 0 Å². The number of ether oxygens (including phenoxy) is 1. The fraction of sp³-hybridized carbons (Fsp3) is 1.00. The van der Waals surface area contributed by atoms with Crippen LogP contribution in [-0.4, -0.2) is 47.6 Å². The Morgan fingerprint density at radius 1 is 0.773 bits per heavy atom. The zero-order valence-electron chi connectivity index (χ0n) is 11.1. The molecule has 0 spiro atoms. The van der Waals surface area contributed by atoms with Crippen LogP contribution in [0.4, 0.5) is 43.9 Å². The van der Waals surface area contributed by atoms with Gasteiger partial charge in [0.1, 0.15) is 0 Å². The molecule has 0 fully saturated rings. The second kappa shape index (κ2) is 6.02. The maximum absolute atomic E-state index is 12.9. The maximum atomic E-state index is 12.9. The van der Waals surface area contributed by atoms with Crippen molar-refractivity contribution in [3.63, 3.8) is 0 Å². The van der Waals surface area contributed by atoms with Crippen LogP contribution in [0.25, 0.3) is 0 Å². The number of halogens is 10. The van der Waals surface area contributed by atoms with Crippen molar-refractivity contribution in [1.29, 1.82) is 0 Å². The molecule has 1 N–H and O–H groups in total. The molecule has 0 rings (SSSR count). The molecular weight excluding hydrogens is 342 g/mol. The summed E-state index contributed by atoms with van der Waals surface area (Å²) in [6.07, 6.45) is -18.9. The van der Waals surface area contributed by atoms with Crippen LogP contribution in [0, 0.1) is 0 Å². The lowest BCUT2D eigenvalue weighted by Crippen LogP contribution is -2.61. The van der Waals surface area contributed by atoms with E-state index in [0.717, 1.165) is 13.8 Å². The summed E-state index contributed by atoms with van der Waals surface area (Å²) in [6.45, 7) is 0.676. The standard InChI is InChI=1S/C10H12F10O2/c1-6(2,21)3-4-22-5(7(11,12)9(15,16)17)8(13,14)10(18,19)20/h5,21H,3-4H2,1-2H3. The molecule has 0 aliphatic heterocycles. The van der Waals surface area contributed by atoms with Gasteiger partial charge in [-0.1, -0.05) is 0 Å². The zero-order chi connectivity index (χ0) is 18.2. The molecule has 22 heavy (non-hydrogen) atoms. The monoisotopic (exact) mass is 354 g/mol. The molecule has 12 heteroatoms. The molecule has 0 atom stereocenters. The first kappa shape index (κ1) is 21.2. The number of aliphatic hydroxyl groups is 1. The Balaban J connectivity index is 5.53. The second-order valence-electron chi connectivity index (χ2n) is 5.05. The summed E-state index contributed by atoms with van der Waals surface area (Å²) in [7, 11) is 0. The molecule has 0 aromatic carbocycles. The number of hydrogen-bond donors (Lipinski definition) is 1. The van der Waals surface area contributed by atoms with Gasteiger partial charge < -0.3 is 9.84 Å². The van der Waals surface area contributed by atoms with Gasteiger partial charge in [0.05, 0.1) is 12.2 Å². The highest BCUT2D eigenvalue weighted by molar-refractivity contribution is 4.98. The van der Waals surface area contributed by atoms with Crippen LogP contribution in [0.1, 0.15) is 20.3 Å². The van der Waals surface area contributed by atoms with Crippen LogP contribution < -0.4 is 0 Å². The molecule has 0 radical (unpaired) electrons. The van der Waals surface area contributed by atoms with Crippen LogP contribution >= 0.6 is 0 Å². The minimum absolute atomic E-state index is 0.745. The van der Waals surface area contributed by atoms with Crippen molar-refractivity contribution in [2.75, 3.05) is 6.61 Å². The average Bonchev–Trinajstić information content (AvgIpc) is 2.18. The fourth-order valence-corrected chi connectivity index (χ4v) is 1.16. The first-order valence-corrected chi connectivity index (χ1v) is 5.57. The van der Waals surface area contributed by atoms with Crippen molar-refractivity contribution in [3.8, 4) is 0 Å². The largest absolute Gasteiger partial charge is 0.456 e. The fourth-order valence-electron chi connectivity index (χ4n) is 1.16. The lowest BCUT2D eigenvalue weighted by molar-refractivity contribution is -0.391. The molecule has 0 aromatic heterocycles. The molecular formula is C10H12F10O2. The van der Waals surface area contributed by atoms with E-state index in [0.29, 0.717) is 0 Å². The Morgan fingerprint density at radius 3 is 1.32 bits per heavy atom. The zero-order valence-corrected chi connectivity index (χ0v) is 11.1. The SMILES string of the molecule is CC(C)(O)CCOC(C(F)(F)C(F)(F)F)C(F)(F)C(F)(F)F. The lowest BCUT2D eigenvalue weighted by atomic mass is 10.0. The molecule has 0 amide bonds. The van der Waals surface area contributed by atoms with Gasteiger partial charge >= 0.3 is 24.2 Å². The molecule has 0 heterocycles. The van der Waals surface area contributed by atoms with Gasteiger partial charge in [0.2, 0.25) is 6.10 Å². The first-order valence-electron chi connectivity index (χ1n) is 5.57. The van der Waals surface area contributed by atoms with Crippen LogP contribution in [0.15, 0.2) is 0 Å². The van der Waals surface area contributed by atoms with Gasteiger partial charge in [0.15, 0.2) is 0 Å². The molecule has 2 nitrogen and oxygen atoms in total. The minimum atomic E-state index is -6.68. The Bertz CT molecular complexity index is 339. The lowest BCUT2D eigenvalue weighted by Gasteiger charge is -2.35. The van der Waals surface area contributed by atoms with E-state index in [2.05, 4.69) is 4.74 Å². The van der Waals surface area contributed by atoms with Gasteiger partial charge in [0, 0.05) is 0 Å². The van der Waals surface area contributed by atoms with E-state index in [1.807, 2.05) is 0 Å². The van der Waals surface area contributed by atoms with E-state index >= 15 is 0 Å². The predicted octanol–water partition coefficient (Wildman–Crippen LogP) is 3.93. The third-order valence-corrected chi connectivity index (χ3v) is 2.41. The summed E-state index contributed by atoms with van der Waals surface area (Å²) in [6, 6.07) is 0. The van der Waals surface area contributed by atoms with Gasteiger partial charge in [0.25, 0.3) is 0 Å². The quantitative estimate of drug-likeness (QED) is 0.733. The summed E-state index contributed by atoms with van der Waals surface area (Å²) in [5.74, 6) is -12.9. The second-order valence-corrected chi connectivity index (χ2v) is 5.05. The van der Waals surface area contributed by atoms with E-state index in [-0.39, 0.29) is 0 Å². The molecule has 0 saturated heterocycles. The number of alkyl halides is 10. The number of hydrogen-bond acceptors (Lipinski definition) is 2. The maximum Gasteiger partial charge on any atom is 0.456 e. The van der Waals surface area contributed by atoms with Crippen molar-refractivity contribution >= 4 is 0 Å². The smallest absolute Gasteiger partial charge is 0.390 e. The van der Waals surface area contributed by atoms with Gasteiger partial charge in [-0.05, 0) is 20.3 Å². The van der Waals surface area contributed by atoms with Crippen LogP contribution in [0.3, 0.4) is 0 Å². The highest BCUT2D eigenvalue weighted by atomic mass is 19.4. The van der Waals surface area contributed by atoms with E-state index in [4.69, 9.17) is 5.11 Å². The van der Waals surface area contributed by atoms with Gasteiger partial charge in [-0.2, -0.15) is 43.9 Å². The molecule has 0 aromatic rings. The van der Waals surface area contributed by atoms with E-state index < -0.39 is 48.9 Å². The molecule has 134 valence electrons. The van der Waals surface area contributed by atoms with E-state index in [1.54, 1.807) is 0 Å². The average molecular weight is 354 g/mol. The van der Waals surface area contributed by atoms with E-state index in [9.17, 15) is 43.9 Å². The number of rotatable bonds is 6. The van der Waals surface area contributed by atoms with Gasteiger partial charge in [-0.3, -0.25) is 0 Å². The normalized spacial score (nSPS) is 15.5. The van der Waals surface area contributed by atoms with Gasteiger partial charge in [-0.25, -0.2) is 0 Å². The Kier molecular flexibility index (Phi) is 5.81. The highest BCUT2D eigenvalue weighted by Gasteiger charge is 2.76. The molecule has 0 aliphatic rings. The van der Waals surface area contributed by atoms with E-state index in [1.165, 1.54) is 0 Å². The Labute approximate surface area is 118 Å². The first-order chi connectivity index (χ1) is 9.34. The van der Waals surface area contributed by atoms with Crippen molar-refractivity contribution < 1.29 is 53.7 Å². The van der Waals surface area contributed by atoms with Crippen molar-refractivity contribution in [2.24, 2.45) is 0 Å². The molecule has 0 aliphatic carbocycles. The predicted molar refractivity (Wildman–Crippen MR) is 52.7 cm³/mol. The van der Waals surface area contributed by atoms with Gasteiger partial charge in [-0.15, -0.1) is 0 Å². The minimum Gasteiger partial charge on any atom is -0.390 e. The van der Waals surface area contributed by atoms with Crippen LogP contribution in [-0.2, 0) is 4.74 Å². The molecule has 0 unspecified atom stereocenters. The highest BCUT2D eigenvalue weighted by Crippen LogP contribution is 2.49. The summed E-state index contributed by atoms with van der Waals surface area (Å²) < 4.78 is 128. The third kappa shape index (κ3) is 4.86. The summed E-state index contributed by atoms with van der Waals surface area (Å²) in [5.41, 5.74) is -1.73. The summed E-state index contributed by atoms with van der Waals surface area (Å²) in [5, 5.41) is 9.16. The summed E-state index contributed by atoms with van der Waals surface area (Å²) in [4.78, 5) is 0.